The van der Waals surface area contributed by atoms with Crippen LogP contribution in [-0.2, 0) is 25.7 Å². The molecule has 1 aliphatic carbocycles. The van der Waals surface area contributed by atoms with Gasteiger partial charge in [-0.2, -0.15) is 0 Å². The molecule has 2 aliphatic rings. The molecule has 184 valence electrons. The number of likely N-dealkylation sites (tertiary alicyclic amines) is 1. The smallest absolute Gasteiger partial charge is 0.243 e. The molecule has 0 radical (unpaired) electrons. The normalized spacial score (nSPS) is 21.2. The van der Waals surface area contributed by atoms with E-state index in [0.29, 0.717) is 25.8 Å². The van der Waals surface area contributed by atoms with Crippen molar-refractivity contribution in [3.63, 3.8) is 0 Å². The van der Waals surface area contributed by atoms with Crippen LogP contribution >= 0.6 is 0 Å². The van der Waals surface area contributed by atoms with E-state index in [2.05, 4.69) is 5.32 Å². The molecule has 1 fully saturated rings. The number of rotatable bonds is 10. The first-order valence-electron chi connectivity index (χ1n) is 12.4. The number of nitrogens with zero attached hydrogens (tertiary/aromatic N) is 2. The third kappa shape index (κ3) is 5.75. The molecule has 1 aromatic rings. The van der Waals surface area contributed by atoms with Crippen molar-refractivity contribution >= 4 is 23.6 Å². The Morgan fingerprint density at radius 1 is 1.09 bits per heavy atom. The van der Waals surface area contributed by atoms with Gasteiger partial charge in [0, 0.05) is 25.6 Å². The van der Waals surface area contributed by atoms with E-state index in [9.17, 15) is 19.2 Å². The van der Waals surface area contributed by atoms with Crippen LogP contribution in [0.1, 0.15) is 64.0 Å². The average Bonchev–Trinajstić information content (AvgIpc) is 3.07. The van der Waals surface area contributed by atoms with Gasteiger partial charge in [0.05, 0.1) is 11.8 Å². The number of fused-ring (bicyclic) bond motifs is 1. The zero-order chi connectivity index (χ0) is 24.8. The van der Waals surface area contributed by atoms with Gasteiger partial charge >= 0.3 is 0 Å². The van der Waals surface area contributed by atoms with Crippen LogP contribution in [0.15, 0.2) is 36.4 Å². The van der Waals surface area contributed by atoms with Crippen LogP contribution in [0.3, 0.4) is 0 Å². The van der Waals surface area contributed by atoms with Gasteiger partial charge in [-0.1, -0.05) is 55.8 Å². The average molecular weight is 468 g/mol. The summed E-state index contributed by atoms with van der Waals surface area (Å²) in [5.74, 6) is -1.39. The number of benzene rings is 1. The third-order valence-electron chi connectivity index (χ3n) is 6.97. The van der Waals surface area contributed by atoms with E-state index < -0.39 is 6.04 Å². The van der Waals surface area contributed by atoms with Crippen molar-refractivity contribution in [2.45, 2.75) is 78.4 Å². The molecule has 1 aromatic carbocycles. The zero-order valence-corrected chi connectivity index (χ0v) is 20.8. The molecule has 4 amide bonds. The van der Waals surface area contributed by atoms with Gasteiger partial charge in [0.25, 0.3) is 0 Å². The zero-order valence-electron chi connectivity index (χ0n) is 20.8. The van der Waals surface area contributed by atoms with E-state index in [1.807, 2.05) is 64.1 Å². The highest BCUT2D eigenvalue weighted by molar-refractivity contribution is 6.05. The summed E-state index contributed by atoms with van der Waals surface area (Å²) in [5, 5.41) is 3.00. The predicted molar refractivity (Wildman–Crippen MR) is 130 cm³/mol. The highest BCUT2D eigenvalue weighted by Crippen LogP contribution is 2.35. The third-order valence-corrected chi connectivity index (χ3v) is 6.97. The first kappa shape index (κ1) is 25.7. The molecule has 7 heteroatoms. The van der Waals surface area contributed by atoms with Crippen LogP contribution in [0.5, 0.6) is 0 Å². The highest BCUT2D eigenvalue weighted by atomic mass is 16.2. The van der Waals surface area contributed by atoms with Crippen molar-refractivity contribution in [2.24, 2.45) is 11.8 Å². The van der Waals surface area contributed by atoms with E-state index >= 15 is 0 Å². The number of nitrogens with one attached hydrogen (secondary N) is 1. The maximum absolute atomic E-state index is 13.5. The molecule has 0 aromatic heterocycles. The van der Waals surface area contributed by atoms with Crippen molar-refractivity contribution in [3.8, 4) is 0 Å². The lowest BCUT2D eigenvalue weighted by molar-refractivity contribution is -0.144. The van der Waals surface area contributed by atoms with E-state index in [-0.39, 0.29) is 54.5 Å². The molecule has 1 aliphatic heterocycles. The van der Waals surface area contributed by atoms with Crippen LogP contribution in [0.2, 0.25) is 0 Å². The molecule has 7 nitrogen and oxygen atoms in total. The van der Waals surface area contributed by atoms with Crippen LogP contribution < -0.4 is 5.32 Å². The lowest BCUT2D eigenvalue weighted by Gasteiger charge is -2.32. The minimum absolute atomic E-state index is 0.00325. The summed E-state index contributed by atoms with van der Waals surface area (Å²) >= 11 is 0. The van der Waals surface area contributed by atoms with Crippen molar-refractivity contribution in [2.75, 3.05) is 6.54 Å². The van der Waals surface area contributed by atoms with Gasteiger partial charge in [0.2, 0.25) is 23.6 Å². The summed E-state index contributed by atoms with van der Waals surface area (Å²) in [4.78, 5) is 55.0. The Bertz CT molecular complexity index is 931. The number of allylic oxidation sites excluding steroid dienone is 2. The van der Waals surface area contributed by atoms with E-state index in [0.717, 1.165) is 17.5 Å². The minimum Gasteiger partial charge on any atom is -0.352 e. The lowest BCUT2D eigenvalue weighted by atomic mass is 9.85. The summed E-state index contributed by atoms with van der Waals surface area (Å²) in [6.07, 6.45) is 6.32. The van der Waals surface area contributed by atoms with Crippen LogP contribution in [0, 0.1) is 18.8 Å². The van der Waals surface area contributed by atoms with Gasteiger partial charge in [0.1, 0.15) is 6.04 Å². The monoisotopic (exact) mass is 467 g/mol. The number of carbonyl (C=O) groups is 4. The SMILES string of the molecule is CC[C@H](C(=O)N[C@@H](C)CC)N(Cc1cccc(C)c1)C(=O)CCN1C(=O)[C@H]2CC=CC[C@H]2C1=O. The van der Waals surface area contributed by atoms with Crippen molar-refractivity contribution in [1.82, 2.24) is 15.1 Å². The first-order valence-corrected chi connectivity index (χ1v) is 12.4. The van der Waals surface area contributed by atoms with Gasteiger partial charge in [-0.3, -0.25) is 24.1 Å². The van der Waals surface area contributed by atoms with Crippen molar-refractivity contribution in [1.29, 1.82) is 0 Å². The van der Waals surface area contributed by atoms with E-state index in [1.54, 1.807) is 4.90 Å². The molecule has 0 bridgehead atoms. The number of hydrogen-bond acceptors (Lipinski definition) is 4. The number of carbonyl (C=O) groups excluding carboxylic acids is 4. The molecular weight excluding hydrogens is 430 g/mol. The largest absolute Gasteiger partial charge is 0.352 e. The van der Waals surface area contributed by atoms with Crippen molar-refractivity contribution in [3.05, 3.63) is 47.5 Å². The van der Waals surface area contributed by atoms with Crippen LogP contribution in [0.4, 0.5) is 0 Å². The molecule has 1 heterocycles. The summed E-state index contributed by atoms with van der Waals surface area (Å²) < 4.78 is 0. The summed E-state index contributed by atoms with van der Waals surface area (Å²) in [6, 6.07) is 7.25. The molecule has 3 rings (SSSR count). The molecule has 34 heavy (non-hydrogen) atoms. The van der Waals surface area contributed by atoms with Crippen LogP contribution in [0.25, 0.3) is 0 Å². The molecule has 0 saturated carbocycles. The Labute approximate surface area is 202 Å². The Kier molecular flexibility index (Phi) is 8.64. The second kappa shape index (κ2) is 11.4. The predicted octanol–water partition coefficient (Wildman–Crippen LogP) is 3.36. The second-order valence-corrected chi connectivity index (χ2v) is 9.49. The van der Waals surface area contributed by atoms with Gasteiger partial charge in [0.15, 0.2) is 0 Å². The number of aryl methyl sites for hydroxylation is 1. The Balaban J connectivity index is 1.76. The van der Waals surface area contributed by atoms with Gasteiger partial charge in [-0.05, 0) is 45.1 Å². The van der Waals surface area contributed by atoms with Gasteiger partial charge in [-0.25, -0.2) is 0 Å². The molecule has 1 N–H and O–H groups in total. The summed E-state index contributed by atoms with van der Waals surface area (Å²) in [6.45, 7) is 8.17. The quantitative estimate of drug-likeness (QED) is 0.422. The maximum atomic E-state index is 13.5. The van der Waals surface area contributed by atoms with E-state index in [4.69, 9.17) is 0 Å². The van der Waals surface area contributed by atoms with E-state index in [1.165, 1.54) is 4.90 Å². The highest BCUT2D eigenvalue weighted by Gasteiger charge is 2.47. The van der Waals surface area contributed by atoms with Crippen molar-refractivity contribution < 1.29 is 19.2 Å². The van der Waals surface area contributed by atoms with Gasteiger partial charge < -0.3 is 10.2 Å². The topological polar surface area (TPSA) is 86.8 Å². The molecular formula is C27H37N3O4. The standard InChI is InChI=1S/C27H37N3O4/c1-5-19(4)28-25(32)23(6-2)30(17-20-11-9-10-18(3)16-20)24(31)14-15-29-26(33)21-12-7-8-13-22(21)27(29)34/h7-11,16,19,21-23H,5-6,12-15,17H2,1-4H3,(H,28,32)/t19-,21-,22+,23+/m0/s1. The molecule has 4 atom stereocenters. The minimum atomic E-state index is -0.626. The summed E-state index contributed by atoms with van der Waals surface area (Å²) in [5.41, 5.74) is 2.01. The Morgan fingerprint density at radius 3 is 2.29 bits per heavy atom. The number of hydrogen-bond donors (Lipinski definition) is 1. The Hall–Kier alpha value is -2.96. The molecule has 1 saturated heterocycles. The number of imide groups is 1. The Morgan fingerprint density at radius 2 is 1.74 bits per heavy atom. The lowest BCUT2D eigenvalue weighted by Crippen LogP contribution is -2.51. The first-order chi connectivity index (χ1) is 16.3. The molecule has 0 spiro atoms. The fourth-order valence-corrected chi connectivity index (χ4v) is 4.81. The fourth-order valence-electron chi connectivity index (χ4n) is 4.81. The van der Waals surface area contributed by atoms with Gasteiger partial charge in [-0.15, -0.1) is 0 Å². The second-order valence-electron chi connectivity index (χ2n) is 9.49. The maximum Gasteiger partial charge on any atom is 0.243 e. The van der Waals surface area contributed by atoms with Crippen LogP contribution in [-0.4, -0.2) is 52.1 Å². The molecule has 0 unspecified atom stereocenters. The number of amides is 4. The fraction of sp³-hybridized carbons (Fsp3) is 0.556. The summed E-state index contributed by atoms with van der Waals surface area (Å²) in [7, 11) is 0.